The second-order valence-electron chi connectivity index (χ2n) is 4.26. The number of nitrogens with one attached hydrogen (secondary N) is 1. The molecule has 6 nitrogen and oxygen atoms in total. The maximum atomic E-state index is 12.3. The van der Waals surface area contributed by atoms with Gasteiger partial charge in [0.2, 0.25) is 10.0 Å². The molecule has 0 aromatic carbocycles. The van der Waals surface area contributed by atoms with Gasteiger partial charge in [0.15, 0.2) is 0 Å². The SMILES string of the molecule is Cc1c(CNS(=O)(=O)c2cc(CN)sc2Br)cnn1C. The number of nitrogens with two attached hydrogens (primary N) is 1. The minimum atomic E-state index is -3.56. The van der Waals surface area contributed by atoms with Crippen molar-refractivity contribution in [2.45, 2.75) is 24.9 Å². The average molecular weight is 379 g/mol. The van der Waals surface area contributed by atoms with Crippen LogP contribution in [0.15, 0.2) is 20.9 Å². The Hall–Kier alpha value is -0.740. The smallest absolute Gasteiger partial charge is 0.242 e. The summed E-state index contributed by atoms with van der Waals surface area (Å²) in [5.74, 6) is 0. The fourth-order valence-corrected chi connectivity index (χ4v) is 5.22. The maximum Gasteiger partial charge on any atom is 0.242 e. The second-order valence-corrected chi connectivity index (χ2v) is 8.45. The Balaban J connectivity index is 2.19. The quantitative estimate of drug-likeness (QED) is 0.824. The van der Waals surface area contributed by atoms with Gasteiger partial charge in [0.05, 0.1) is 9.98 Å². The summed E-state index contributed by atoms with van der Waals surface area (Å²) in [6.45, 7) is 2.42. The molecule has 0 spiro atoms. The summed E-state index contributed by atoms with van der Waals surface area (Å²) in [7, 11) is -1.75. The van der Waals surface area contributed by atoms with E-state index in [1.807, 2.05) is 14.0 Å². The maximum absolute atomic E-state index is 12.3. The zero-order chi connectivity index (χ0) is 14.9. The number of nitrogens with zero attached hydrogens (tertiary/aromatic N) is 2. The van der Waals surface area contributed by atoms with Crippen molar-refractivity contribution in [1.29, 1.82) is 0 Å². The van der Waals surface area contributed by atoms with E-state index in [4.69, 9.17) is 5.73 Å². The molecule has 0 aliphatic carbocycles. The van der Waals surface area contributed by atoms with Crippen molar-refractivity contribution in [2.24, 2.45) is 12.8 Å². The lowest BCUT2D eigenvalue weighted by molar-refractivity contribution is 0.581. The van der Waals surface area contributed by atoms with Crippen LogP contribution in [0, 0.1) is 6.92 Å². The highest BCUT2D eigenvalue weighted by Gasteiger charge is 2.21. The highest BCUT2D eigenvalue weighted by atomic mass is 79.9. The third kappa shape index (κ3) is 3.12. The molecular formula is C11H15BrN4O2S2. The molecule has 20 heavy (non-hydrogen) atoms. The van der Waals surface area contributed by atoms with Crippen LogP contribution in [0.3, 0.4) is 0 Å². The molecule has 3 N–H and O–H groups in total. The molecule has 0 aliphatic rings. The van der Waals surface area contributed by atoms with Crippen LogP contribution in [0.5, 0.6) is 0 Å². The number of sulfonamides is 1. The zero-order valence-electron chi connectivity index (χ0n) is 11.1. The molecule has 0 saturated heterocycles. The van der Waals surface area contributed by atoms with Crippen molar-refractivity contribution in [3.05, 3.63) is 32.2 Å². The number of hydrogen-bond donors (Lipinski definition) is 2. The van der Waals surface area contributed by atoms with Crippen LogP contribution in [0.2, 0.25) is 0 Å². The molecular weight excluding hydrogens is 364 g/mol. The third-order valence-electron chi connectivity index (χ3n) is 2.99. The topological polar surface area (TPSA) is 90.0 Å². The predicted molar refractivity (Wildman–Crippen MR) is 81.9 cm³/mol. The normalized spacial score (nSPS) is 12.0. The number of aromatic nitrogens is 2. The van der Waals surface area contributed by atoms with Crippen LogP contribution in [-0.2, 0) is 30.2 Å². The van der Waals surface area contributed by atoms with E-state index in [9.17, 15) is 8.42 Å². The Labute approximate surface area is 130 Å². The summed E-state index contributed by atoms with van der Waals surface area (Å²) < 4.78 is 29.4. The summed E-state index contributed by atoms with van der Waals surface area (Å²) in [6, 6.07) is 1.59. The van der Waals surface area contributed by atoms with E-state index < -0.39 is 10.0 Å². The van der Waals surface area contributed by atoms with E-state index in [2.05, 4.69) is 25.8 Å². The number of halogens is 1. The van der Waals surface area contributed by atoms with Gasteiger partial charge in [-0.05, 0) is 28.9 Å². The number of rotatable bonds is 5. The highest BCUT2D eigenvalue weighted by Crippen LogP contribution is 2.31. The second kappa shape index (κ2) is 5.94. The minimum Gasteiger partial charge on any atom is -0.326 e. The standard InChI is InChI=1S/C11H15BrN4O2S2/c1-7-8(5-14-16(7)2)6-15-20(17,18)10-3-9(4-13)19-11(10)12/h3,5,15H,4,6,13H2,1-2H3. The molecule has 0 saturated carbocycles. The molecule has 110 valence electrons. The first-order valence-electron chi connectivity index (χ1n) is 5.80. The third-order valence-corrected chi connectivity index (χ3v) is 6.66. The molecule has 2 rings (SSSR count). The van der Waals surface area contributed by atoms with Crippen molar-refractivity contribution in [3.8, 4) is 0 Å². The summed E-state index contributed by atoms with van der Waals surface area (Å²) in [6.07, 6.45) is 1.66. The molecule has 0 atom stereocenters. The van der Waals surface area contributed by atoms with Crippen LogP contribution in [-0.4, -0.2) is 18.2 Å². The highest BCUT2D eigenvalue weighted by molar-refractivity contribution is 9.11. The van der Waals surface area contributed by atoms with Gasteiger partial charge in [-0.15, -0.1) is 11.3 Å². The zero-order valence-corrected chi connectivity index (χ0v) is 14.3. The van der Waals surface area contributed by atoms with Gasteiger partial charge in [-0.2, -0.15) is 5.10 Å². The summed E-state index contributed by atoms with van der Waals surface area (Å²) in [5, 5.41) is 4.08. The predicted octanol–water partition coefficient (Wildman–Crippen LogP) is 1.49. The minimum absolute atomic E-state index is 0.211. The van der Waals surface area contributed by atoms with Gasteiger partial charge in [-0.25, -0.2) is 13.1 Å². The van der Waals surface area contributed by atoms with E-state index in [0.29, 0.717) is 10.3 Å². The fraction of sp³-hybridized carbons (Fsp3) is 0.364. The summed E-state index contributed by atoms with van der Waals surface area (Å²) in [5.41, 5.74) is 7.31. The van der Waals surface area contributed by atoms with Crippen molar-refractivity contribution < 1.29 is 8.42 Å². The van der Waals surface area contributed by atoms with Gasteiger partial charge >= 0.3 is 0 Å². The Morgan fingerprint density at radius 2 is 2.25 bits per heavy atom. The lowest BCUT2D eigenvalue weighted by Crippen LogP contribution is -2.23. The van der Waals surface area contributed by atoms with Gasteiger partial charge in [0.1, 0.15) is 4.90 Å². The molecule has 0 amide bonds. The molecule has 0 radical (unpaired) electrons. The van der Waals surface area contributed by atoms with E-state index in [1.54, 1.807) is 16.9 Å². The molecule has 0 bridgehead atoms. The van der Waals surface area contributed by atoms with Gasteiger partial charge in [0, 0.05) is 36.3 Å². The molecule has 0 unspecified atom stereocenters. The summed E-state index contributed by atoms with van der Waals surface area (Å²) >= 11 is 4.59. The fourth-order valence-electron chi connectivity index (χ4n) is 1.65. The Morgan fingerprint density at radius 1 is 1.55 bits per heavy atom. The lowest BCUT2D eigenvalue weighted by Gasteiger charge is -2.05. The van der Waals surface area contributed by atoms with Crippen LogP contribution >= 0.6 is 27.3 Å². The Morgan fingerprint density at radius 3 is 2.75 bits per heavy atom. The Bertz CT molecular complexity index is 721. The van der Waals surface area contributed by atoms with Crippen molar-refractivity contribution in [2.75, 3.05) is 0 Å². The van der Waals surface area contributed by atoms with Crippen molar-refractivity contribution >= 4 is 37.3 Å². The van der Waals surface area contributed by atoms with Crippen LogP contribution in [0.1, 0.15) is 16.1 Å². The molecule has 0 aliphatic heterocycles. The largest absolute Gasteiger partial charge is 0.326 e. The van der Waals surface area contributed by atoms with Crippen LogP contribution in [0.25, 0.3) is 0 Å². The number of aryl methyl sites for hydroxylation is 1. The molecule has 2 aromatic rings. The van der Waals surface area contributed by atoms with Crippen LogP contribution in [0.4, 0.5) is 0 Å². The Kier molecular flexibility index (Phi) is 4.65. The first-order valence-corrected chi connectivity index (χ1v) is 8.90. The van der Waals surface area contributed by atoms with E-state index in [1.165, 1.54) is 11.3 Å². The lowest BCUT2D eigenvalue weighted by atomic mass is 10.3. The number of thiophene rings is 1. The van der Waals surface area contributed by atoms with E-state index in [-0.39, 0.29) is 11.4 Å². The van der Waals surface area contributed by atoms with E-state index >= 15 is 0 Å². The first-order chi connectivity index (χ1) is 9.35. The van der Waals surface area contributed by atoms with Crippen molar-refractivity contribution in [1.82, 2.24) is 14.5 Å². The van der Waals surface area contributed by atoms with E-state index in [0.717, 1.165) is 16.1 Å². The first kappa shape index (κ1) is 15.6. The van der Waals surface area contributed by atoms with Gasteiger partial charge in [-0.3, -0.25) is 4.68 Å². The average Bonchev–Trinajstić information content (AvgIpc) is 2.93. The monoisotopic (exact) mass is 378 g/mol. The molecule has 0 fully saturated rings. The number of hydrogen-bond acceptors (Lipinski definition) is 5. The molecule has 2 heterocycles. The van der Waals surface area contributed by atoms with Gasteiger partial charge in [0.25, 0.3) is 0 Å². The van der Waals surface area contributed by atoms with Crippen LogP contribution < -0.4 is 10.5 Å². The molecule has 2 aromatic heterocycles. The van der Waals surface area contributed by atoms with Gasteiger partial charge in [-0.1, -0.05) is 0 Å². The molecule has 9 heteroatoms. The van der Waals surface area contributed by atoms with Gasteiger partial charge < -0.3 is 5.73 Å². The summed E-state index contributed by atoms with van der Waals surface area (Å²) in [4.78, 5) is 1.04. The van der Waals surface area contributed by atoms with Crippen molar-refractivity contribution in [3.63, 3.8) is 0 Å².